The van der Waals surface area contributed by atoms with Crippen LogP contribution in [0.3, 0.4) is 0 Å². The summed E-state index contributed by atoms with van der Waals surface area (Å²) in [6.45, 7) is 14.8. The molecule has 1 heterocycles. The van der Waals surface area contributed by atoms with E-state index in [1.54, 1.807) is 0 Å². The van der Waals surface area contributed by atoms with Gasteiger partial charge < -0.3 is 9.64 Å². The molecule has 128 valence electrons. The average molecular weight is 318 g/mol. The van der Waals surface area contributed by atoms with Gasteiger partial charge in [0.1, 0.15) is 0 Å². The van der Waals surface area contributed by atoms with Gasteiger partial charge in [-0.2, -0.15) is 0 Å². The van der Waals surface area contributed by atoms with Crippen LogP contribution >= 0.6 is 0 Å². The summed E-state index contributed by atoms with van der Waals surface area (Å²) in [4.78, 5) is 16.3. The molecule has 0 aromatic heterocycles. The van der Waals surface area contributed by atoms with Crippen molar-refractivity contribution < 1.29 is 9.53 Å². The van der Waals surface area contributed by atoms with Gasteiger partial charge in [0.25, 0.3) is 0 Å². The first-order chi connectivity index (χ1) is 10.7. The minimum absolute atomic E-state index is 0.139. The predicted octanol–water partition coefficient (Wildman–Crippen LogP) is 4.04. The van der Waals surface area contributed by atoms with Gasteiger partial charge in [-0.15, -0.1) is 0 Å². The highest BCUT2D eigenvalue weighted by Crippen LogP contribution is 2.27. The number of piperazine rings is 1. The zero-order chi connectivity index (χ0) is 17.2. The van der Waals surface area contributed by atoms with Crippen LogP contribution in [0.5, 0.6) is 0 Å². The van der Waals surface area contributed by atoms with Crippen molar-refractivity contribution in [3.63, 3.8) is 0 Å². The van der Waals surface area contributed by atoms with E-state index in [1.807, 2.05) is 11.8 Å². The first-order valence-corrected chi connectivity index (χ1v) is 8.54. The van der Waals surface area contributed by atoms with Crippen molar-refractivity contribution in [3.8, 4) is 0 Å². The molecule has 2 rings (SSSR count). The van der Waals surface area contributed by atoms with Crippen molar-refractivity contribution in [1.82, 2.24) is 4.90 Å². The molecule has 0 N–H and O–H groups in total. The number of benzene rings is 1. The van der Waals surface area contributed by atoms with Gasteiger partial charge in [-0.3, -0.25) is 4.90 Å². The van der Waals surface area contributed by atoms with Crippen LogP contribution in [0.1, 0.15) is 47.1 Å². The molecule has 1 fully saturated rings. The van der Waals surface area contributed by atoms with E-state index in [0.29, 0.717) is 6.61 Å². The van der Waals surface area contributed by atoms with Crippen molar-refractivity contribution in [2.24, 2.45) is 0 Å². The van der Waals surface area contributed by atoms with E-state index < -0.39 is 0 Å². The molecule has 0 radical (unpaired) electrons. The summed E-state index contributed by atoms with van der Waals surface area (Å²) in [6, 6.07) is 9.09. The van der Waals surface area contributed by atoms with Gasteiger partial charge in [-0.05, 0) is 43.9 Å². The van der Waals surface area contributed by atoms with Crippen LogP contribution in [0, 0.1) is 0 Å². The normalized spacial score (nSPS) is 22.2. The second-order valence-electron chi connectivity index (χ2n) is 7.51. The smallest absolute Gasteiger partial charge is 0.410 e. The van der Waals surface area contributed by atoms with Crippen molar-refractivity contribution in [1.29, 1.82) is 0 Å². The molecule has 1 aromatic carbocycles. The lowest BCUT2D eigenvalue weighted by molar-refractivity contribution is 0.0698. The Morgan fingerprint density at radius 2 is 1.65 bits per heavy atom. The lowest BCUT2D eigenvalue weighted by Gasteiger charge is -2.44. The molecule has 0 bridgehead atoms. The molecule has 23 heavy (non-hydrogen) atoms. The lowest BCUT2D eigenvalue weighted by Crippen LogP contribution is -2.58. The Labute approximate surface area is 140 Å². The SMILES string of the molecule is CCOC(=O)N1C(C)CN(c2ccc(C(C)(C)C)cc2)CC1C. The predicted molar refractivity (Wildman–Crippen MR) is 95.1 cm³/mol. The summed E-state index contributed by atoms with van der Waals surface area (Å²) in [5.41, 5.74) is 2.73. The Morgan fingerprint density at radius 1 is 1.13 bits per heavy atom. The maximum atomic E-state index is 12.1. The summed E-state index contributed by atoms with van der Waals surface area (Å²) < 4.78 is 5.18. The van der Waals surface area contributed by atoms with Crippen molar-refractivity contribution in [3.05, 3.63) is 29.8 Å². The molecule has 1 amide bonds. The van der Waals surface area contributed by atoms with E-state index in [9.17, 15) is 4.79 Å². The van der Waals surface area contributed by atoms with E-state index in [2.05, 4.69) is 63.8 Å². The van der Waals surface area contributed by atoms with Gasteiger partial charge in [0.15, 0.2) is 0 Å². The number of hydrogen-bond acceptors (Lipinski definition) is 3. The maximum absolute atomic E-state index is 12.1. The van der Waals surface area contributed by atoms with Crippen LogP contribution in [0.2, 0.25) is 0 Å². The largest absolute Gasteiger partial charge is 0.450 e. The Morgan fingerprint density at radius 3 is 2.09 bits per heavy atom. The molecule has 2 atom stereocenters. The molecule has 4 heteroatoms. The quantitative estimate of drug-likeness (QED) is 0.825. The van der Waals surface area contributed by atoms with Crippen LogP contribution in [0.15, 0.2) is 24.3 Å². The molecule has 0 spiro atoms. The van der Waals surface area contributed by atoms with Crippen LogP contribution < -0.4 is 4.90 Å². The summed E-state index contributed by atoms with van der Waals surface area (Å²) >= 11 is 0. The van der Waals surface area contributed by atoms with E-state index >= 15 is 0 Å². The molecule has 0 saturated carbocycles. The van der Waals surface area contributed by atoms with Crippen molar-refractivity contribution in [2.75, 3.05) is 24.6 Å². The van der Waals surface area contributed by atoms with E-state index in [4.69, 9.17) is 4.74 Å². The van der Waals surface area contributed by atoms with Gasteiger partial charge >= 0.3 is 6.09 Å². The topological polar surface area (TPSA) is 32.8 Å². The molecule has 2 unspecified atom stereocenters. The number of ether oxygens (including phenoxy) is 1. The molecule has 4 nitrogen and oxygen atoms in total. The number of nitrogens with zero attached hydrogens (tertiary/aromatic N) is 2. The zero-order valence-electron chi connectivity index (χ0n) is 15.3. The number of carbonyl (C=O) groups excluding carboxylic acids is 1. The summed E-state index contributed by atoms with van der Waals surface area (Å²) in [5, 5.41) is 0. The Kier molecular flexibility index (Phi) is 5.23. The van der Waals surface area contributed by atoms with Crippen LogP contribution in [0.4, 0.5) is 10.5 Å². The number of amides is 1. The summed E-state index contributed by atoms with van der Waals surface area (Å²) in [6.07, 6.45) is -0.199. The summed E-state index contributed by atoms with van der Waals surface area (Å²) in [7, 11) is 0. The number of anilines is 1. The molecular formula is C19H30N2O2. The fourth-order valence-electron chi connectivity index (χ4n) is 3.26. The highest BCUT2D eigenvalue weighted by Gasteiger charge is 2.33. The Balaban J connectivity index is 2.11. The molecule has 0 aliphatic carbocycles. The molecule has 1 aliphatic heterocycles. The molecule has 1 aliphatic rings. The van der Waals surface area contributed by atoms with Gasteiger partial charge in [0, 0.05) is 18.8 Å². The van der Waals surface area contributed by atoms with E-state index in [0.717, 1.165) is 13.1 Å². The fraction of sp³-hybridized carbons (Fsp3) is 0.632. The lowest BCUT2D eigenvalue weighted by atomic mass is 9.87. The summed E-state index contributed by atoms with van der Waals surface area (Å²) in [5.74, 6) is 0. The molecule has 1 aromatic rings. The van der Waals surface area contributed by atoms with Gasteiger partial charge in [-0.25, -0.2) is 4.79 Å². The second kappa shape index (κ2) is 6.81. The minimum atomic E-state index is -0.199. The Hall–Kier alpha value is -1.71. The van der Waals surface area contributed by atoms with Crippen LogP contribution in [-0.2, 0) is 10.2 Å². The van der Waals surface area contributed by atoms with Crippen molar-refractivity contribution >= 4 is 11.8 Å². The first-order valence-electron chi connectivity index (χ1n) is 8.54. The van der Waals surface area contributed by atoms with Gasteiger partial charge in [0.05, 0.1) is 18.7 Å². The van der Waals surface area contributed by atoms with Gasteiger partial charge in [0.2, 0.25) is 0 Å². The van der Waals surface area contributed by atoms with Crippen LogP contribution in [0.25, 0.3) is 0 Å². The standard InChI is InChI=1S/C19H30N2O2/c1-7-23-18(22)21-14(2)12-20(13-15(21)3)17-10-8-16(9-11-17)19(4,5)6/h8-11,14-15H,7,12-13H2,1-6H3. The van der Waals surface area contributed by atoms with Gasteiger partial charge in [-0.1, -0.05) is 32.9 Å². The number of hydrogen-bond donors (Lipinski definition) is 0. The highest BCUT2D eigenvalue weighted by molar-refractivity contribution is 5.69. The monoisotopic (exact) mass is 318 g/mol. The van der Waals surface area contributed by atoms with E-state index in [1.165, 1.54) is 11.3 Å². The third-order valence-electron chi connectivity index (χ3n) is 4.50. The number of carbonyl (C=O) groups is 1. The Bertz CT molecular complexity index is 521. The van der Waals surface area contributed by atoms with Crippen molar-refractivity contribution in [2.45, 2.75) is 59.0 Å². The second-order valence-corrected chi connectivity index (χ2v) is 7.51. The number of rotatable bonds is 2. The molecular weight excluding hydrogens is 288 g/mol. The molecule has 1 saturated heterocycles. The fourth-order valence-corrected chi connectivity index (χ4v) is 3.26. The van der Waals surface area contributed by atoms with E-state index in [-0.39, 0.29) is 23.6 Å². The maximum Gasteiger partial charge on any atom is 0.410 e. The minimum Gasteiger partial charge on any atom is -0.450 e. The first kappa shape index (κ1) is 17.6. The third kappa shape index (κ3) is 3.98. The van der Waals surface area contributed by atoms with Crippen LogP contribution in [-0.4, -0.2) is 42.8 Å². The average Bonchev–Trinajstić information content (AvgIpc) is 2.46. The third-order valence-corrected chi connectivity index (χ3v) is 4.50. The highest BCUT2D eigenvalue weighted by atomic mass is 16.6. The zero-order valence-corrected chi connectivity index (χ0v) is 15.3.